The fourth-order valence-electron chi connectivity index (χ4n) is 2.44. The van der Waals surface area contributed by atoms with Crippen molar-refractivity contribution in [2.24, 2.45) is 5.10 Å². The van der Waals surface area contributed by atoms with Crippen molar-refractivity contribution in [1.82, 2.24) is 4.98 Å². The highest BCUT2D eigenvalue weighted by Crippen LogP contribution is 2.25. The Balaban J connectivity index is 1.58. The summed E-state index contributed by atoms with van der Waals surface area (Å²) in [6.45, 7) is 0. The standard InChI is InChI=1S/C19H13N3O3S/c23-16-7-3-1-6-13(16)10-20-22-19-21-15(11-26-19)14-9-12-5-2-4-8-17(12)25-18(14)24/h1-11,23H,(H,21,22)/b20-10-. The number of hydrogen-bond donors (Lipinski definition) is 2. The van der Waals surface area contributed by atoms with E-state index in [1.165, 1.54) is 17.6 Å². The van der Waals surface area contributed by atoms with Gasteiger partial charge in [-0.15, -0.1) is 11.3 Å². The summed E-state index contributed by atoms with van der Waals surface area (Å²) in [5.41, 5.74) is 4.43. The summed E-state index contributed by atoms with van der Waals surface area (Å²) in [5, 5.41) is 16.9. The minimum absolute atomic E-state index is 0.145. The monoisotopic (exact) mass is 363 g/mol. The molecule has 2 aromatic heterocycles. The number of para-hydroxylation sites is 2. The molecular formula is C19H13N3O3S. The van der Waals surface area contributed by atoms with Crippen LogP contribution in [0.5, 0.6) is 5.75 Å². The van der Waals surface area contributed by atoms with Crippen molar-refractivity contribution in [3.63, 3.8) is 0 Å². The molecule has 6 nitrogen and oxygen atoms in total. The quantitative estimate of drug-likeness (QED) is 0.324. The van der Waals surface area contributed by atoms with E-state index in [4.69, 9.17) is 4.42 Å². The van der Waals surface area contributed by atoms with Crippen LogP contribution in [0.4, 0.5) is 5.13 Å². The Morgan fingerprint density at radius 3 is 2.85 bits per heavy atom. The average Bonchev–Trinajstić information content (AvgIpc) is 3.11. The lowest BCUT2D eigenvalue weighted by atomic mass is 10.1. The van der Waals surface area contributed by atoms with E-state index in [1.807, 2.05) is 24.3 Å². The molecule has 0 saturated carbocycles. The molecule has 0 spiro atoms. The lowest BCUT2D eigenvalue weighted by Gasteiger charge is -1.99. The molecule has 26 heavy (non-hydrogen) atoms. The van der Waals surface area contributed by atoms with E-state index >= 15 is 0 Å². The maximum atomic E-state index is 12.2. The fraction of sp³-hybridized carbons (Fsp3) is 0. The number of thiazole rings is 1. The van der Waals surface area contributed by atoms with E-state index in [9.17, 15) is 9.90 Å². The fourth-order valence-corrected chi connectivity index (χ4v) is 3.10. The summed E-state index contributed by atoms with van der Waals surface area (Å²) in [7, 11) is 0. The van der Waals surface area contributed by atoms with Gasteiger partial charge in [0.15, 0.2) is 0 Å². The molecule has 2 N–H and O–H groups in total. The second kappa shape index (κ2) is 6.81. The van der Waals surface area contributed by atoms with Crippen LogP contribution in [0, 0.1) is 0 Å². The van der Waals surface area contributed by atoms with Gasteiger partial charge >= 0.3 is 5.63 Å². The topological polar surface area (TPSA) is 87.7 Å². The third kappa shape index (κ3) is 3.20. The van der Waals surface area contributed by atoms with Gasteiger partial charge in [-0.3, -0.25) is 5.43 Å². The maximum Gasteiger partial charge on any atom is 0.345 e. The molecule has 0 bridgehead atoms. The number of hydrogen-bond acceptors (Lipinski definition) is 7. The van der Waals surface area contributed by atoms with Crippen molar-refractivity contribution >= 4 is 33.7 Å². The lowest BCUT2D eigenvalue weighted by molar-refractivity contribution is 0.474. The first-order chi connectivity index (χ1) is 12.7. The minimum Gasteiger partial charge on any atom is -0.507 e. The number of phenols is 1. The van der Waals surface area contributed by atoms with E-state index in [-0.39, 0.29) is 5.75 Å². The zero-order valence-electron chi connectivity index (χ0n) is 13.4. The second-order valence-electron chi connectivity index (χ2n) is 5.45. The molecule has 0 atom stereocenters. The van der Waals surface area contributed by atoms with Crippen LogP contribution in [0.2, 0.25) is 0 Å². The predicted molar refractivity (Wildman–Crippen MR) is 103 cm³/mol. The molecule has 2 heterocycles. The third-order valence-corrected chi connectivity index (χ3v) is 4.47. The van der Waals surface area contributed by atoms with Gasteiger partial charge < -0.3 is 9.52 Å². The number of aromatic hydroxyl groups is 1. The van der Waals surface area contributed by atoms with Crippen molar-refractivity contribution in [3.8, 4) is 17.0 Å². The van der Waals surface area contributed by atoms with Gasteiger partial charge in [0, 0.05) is 16.3 Å². The Hall–Kier alpha value is -3.45. The zero-order chi connectivity index (χ0) is 17.9. The van der Waals surface area contributed by atoms with Gasteiger partial charge in [-0.2, -0.15) is 5.10 Å². The first-order valence-electron chi connectivity index (χ1n) is 7.76. The van der Waals surface area contributed by atoms with Gasteiger partial charge in [0.25, 0.3) is 0 Å². The van der Waals surface area contributed by atoms with E-state index in [2.05, 4.69) is 15.5 Å². The van der Waals surface area contributed by atoms with Crippen LogP contribution in [0.3, 0.4) is 0 Å². The summed E-state index contributed by atoms with van der Waals surface area (Å²) < 4.78 is 5.34. The highest BCUT2D eigenvalue weighted by Gasteiger charge is 2.11. The molecule has 0 fully saturated rings. The van der Waals surface area contributed by atoms with Crippen LogP contribution in [-0.4, -0.2) is 16.3 Å². The summed E-state index contributed by atoms with van der Waals surface area (Å²) in [4.78, 5) is 16.6. The van der Waals surface area contributed by atoms with Gasteiger partial charge in [0.1, 0.15) is 11.3 Å². The molecule has 0 saturated heterocycles. The van der Waals surface area contributed by atoms with Gasteiger partial charge in [-0.25, -0.2) is 9.78 Å². The first-order valence-corrected chi connectivity index (χ1v) is 8.64. The van der Waals surface area contributed by atoms with Crippen molar-refractivity contribution < 1.29 is 9.52 Å². The normalized spacial score (nSPS) is 11.2. The Morgan fingerprint density at radius 1 is 1.15 bits per heavy atom. The Bertz CT molecular complexity index is 1160. The molecule has 0 aliphatic carbocycles. The van der Waals surface area contributed by atoms with E-state index in [1.54, 1.807) is 35.7 Å². The molecule has 0 aliphatic rings. The molecule has 0 amide bonds. The Kier molecular flexibility index (Phi) is 4.20. The van der Waals surface area contributed by atoms with Crippen LogP contribution < -0.4 is 11.1 Å². The number of nitrogens with zero attached hydrogens (tertiary/aromatic N) is 2. The van der Waals surface area contributed by atoms with E-state index < -0.39 is 5.63 Å². The van der Waals surface area contributed by atoms with Crippen LogP contribution >= 0.6 is 11.3 Å². The van der Waals surface area contributed by atoms with Gasteiger partial charge in [0.05, 0.1) is 17.5 Å². The largest absolute Gasteiger partial charge is 0.507 e. The number of rotatable bonds is 4. The Labute approximate surface area is 152 Å². The molecule has 0 aliphatic heterocycles. The number of phenolic OH excluding ortho intramolecular Hbond substituents is 1. The third-order valence-electron chi connectivity index (χ3n) is 3.72. The first kappa shape index (κ1) is 16.0. The molecule has 0 radical (unpaired) electrons. The van der Waals surface area contributed by atoms with Gasteiger partial charge in [0.2, 0.25) is 5.13 Å². The van der Waals surface area contributed by atoms with E-state index in [0.29, 0.717) is 27.5 Å². The van der Waals surface area contributed by atoms with Crippen LogP contribution in [0.25, 0.3) is 22.2 Å². The summed E-state index contributed by atoms with van der Waals surface area (Å²) in [5.74, 6) is 0.145. The zero-order valence-corrected chi connectivity index (χ0v) is 14.2. The molecule has 4 rings (SSSR count). The SMILES string of the molecule is O=c1oc2ccccc2cc1-c1csc(N/N=C\c2ccccc2O)n1. The number of fused-ring (bicyclic) bond motifs is 1. The smallest absolute Gasteiger partial charge is 0.345 e. The van der Waals surface area contributed by atoms with Gasteiger partial charge in [-0.1, -0.05) is 30.3 Å². The number of hydrazone groups is 1. The van der Waals surface area contributed by atoms with Crippen LogP contribution in [-0.2, 0) is 0 Å². The van der Waals surface area contributed by atoms with Crippen molar-refractivity contribution in [3.05, 3.63) is 76.0 Å². The number of benzene rings is 2. The summed E-state index contributed by atoms with van der Waals surface area (Å²) in [6.07, 6.45) is 1.50. The highest BCUT2D eigenvalue weighted by molar-refractivity contribution is 7.14. The minimum atomic E-state index is -0.432. The van der Waals surface area contributed by atoms with Crippen molar-refractivity contribution in [2.75, 3.05) is 5.43 Å². The number of anilines is 1. The number of aromatic nitrogens is 1. The van der Waals surface area contributed by atoms with Gasteiger partial charge in [-0.05, 0) is 24.3 Å². The van der Waals surface area contributed by atoms with Crippen LogP contribution in [0.15, 0.2) is 74.3 Å². The lowest BCUT2D eigenvalue weighted by Crippen LogP contribution is -2.02. The highest BCUT2D eigenvalue weighted by atomic mass is 32.1. The van der Waals surface area contributed by atoms with Crippen molar-refractivity contribution in [1.29, 1.82) is 0 Å². The predicted octanol–water partition coefficient (Wildman–Crippen LogP) is 4.07. The molecule has 2 aromatic carbocycles. The molecule has 4 aromatic rings. The molecule has 7 heteroatoms. The van der Waals surface area contributed by atoms with E-state index in [0.717, 1.165) is 5.39 Å². The maximum absolute atomic E-state index is 12.2. The van der Waals surface area contributed by atoms with Crippen molar-refractivity contribution in [2.45, 2.75) is 0 Å². The molecule has 128 valence electrons. The summed E-state index contributed by atoms with van der Waals surface area (Å²) in [6, 6.07) is 16.0. The summed E-state index contributed by atoms with van der Waals surface area (Å²) >= 11 is 1.32. The Morgan fingerprint density at radius 2 is 1.96 bits per heavy atom. The second-order valence-corrected chi connectivity index (χ2v) is 6.31. The average molecular weight is 363 g/mol. The molecular weight excluding hydrogens is 350 g/mol. The number of nitrogens with one attached hydrogen (secondary N) is 1. The molecule has 0 unspecified atom stereocenters. The van der Waals surface area contributed by atoms with Crippen LogP contribution in [0.1, 0.15) is 5.56 Å².